The predicted molar refractivity (Wildman–Crippen MR) is 73.1 cm³/mol. The number of ether oxygens (including phenoxy) is 1. The molecule has 0 aliphatic carbocycles. The van der Waals surface area contributed by atoms with Crippen LogP contribution in [-0.2, 0) is 11.3 Å². The molecule has 0 aliphatic heterocycles. The molecule has 0 atom stereocenters. The van der Waals surface area contributed by atoms with E-state index in [1.807, 2.05) is 0 Å². The normalized spacial score (nSPS) is 10.2. The molecule has 1 aromatic rings. The fourth-order valence-electron chi connectivity index (χ4n) is 1.51. The minimum Gasteiger partial charge on any atom is -0.392 e. The van der Waals surface area contributed by atoms with Gasteiger partial charge in [0.05, 0.1) is 24.7 Å². The molecule has 0 spiro atoms. The summed E-state index contributed by atoms with van der Waals surface area (Å²) in [4.78, 5) is 10.4. The Morgan fingerprint density at radius 1 is 1.47 bits per heavy atom. The molecular weight excluding hydrogens is 248 g/mol. The molecule has 0 unspecified atom stereocenters. The second kappa shape index (κ2) is 8.23. The molecule has 0 bridgehead atoms. The van der Waals surface area contributed by atoms with Crippen molar-refractivity contribution < 1.29 is 14.8 Å². The van der Waals surface area contributed by atoms with Crippen molar-refractivity contribution >= 4 is 11.4 Å². The zero-order chi connectivity index (χ0) is 14.1. The quantitative estimate of drug-likeness (QED) is 0.309. The molecule has 6 nitrogen and oxygen atoms in total. The van der Waals surface area contributed by atoms with Crippen molar-refractivity contribution in [3.05, 3.63) is 46.5 Å². The van der Waals surface area contributed by atoms with Crippen molar-refractivity contribution in [2.45, 2.75) is 13.0 Å². The molecule has 1 rings (SSSR count). The Bertz CT molecular complexity index is 435. The molecule has 0 amide bonds. The highest BCUT2D eigenvalue weighted by molar-refractivity contribution is 5.62. The van der Waals surface area contributed by atoms with E-state index in [9.17, 15) is 10.1 Å². The van der Waals surface area contributed by atoms with Gasteiger partial charge in [-0.15, -0.1) is 6.58 Å². The second-order valence-corrected chi connectivity index (χ2v) is 3.88. The summed E-state index contributed by atoms with van der Waals surface area (Å²) in [6, 6.07) is 4.48. The minimum atomic E-state index is -0.456. The number of nitro groups is 1. The number of aliphatic hydroxyl groups excluding tert-OH is 1. The van der Waals surface area contributed by atoms with Crippen molar-refractivity contribution in [2.24, 2.45) is 0 Å². The van der Waals surface area contributed by atoms with Gasteiger partial charge in [-0.25, -0.2) is 0 Å². The summed E-state index contributed by atoms with van der Waals surface area (Å²) in [7, 11) is 0. The van der Waals surface area contributed by atoms with E-state index in [2.05, 4.69) is 11.9 Å². The van der Waals surface area contributed by atoms with Crippen molar-refractivity contribution in [1.29, 1.82) is 0 Å². The maximum atomic E-state index is 10.9. The van der Waals surface area contributed by atoms with Crippen LogP contribution in [0, 0.1) is 10.1 Å². The smallest absolute Gasteiger partial charge is 0.292 e. The minimum absolute atomic E-state index is 0.0108. The van der Waals surface area contributed by atoms with Gasteiger partial charge in [-0.05, 0) is 24.1 Å². The van der Waals surface area contributed by atoms with Gasteiger partial charge in [0.2, 0.25) is 0 Å². The van der Waals surface area contributed by atoms with Crippen LogP contribution in [0.5, 0.6) is 0 Å². The molecule has 0 aliphatic rings. The number of hydrogen-bond donors (Lipinski definition) is 2. The van der Waals surface area contributed by atoms with E-state index in [1.54, 1.807) is 12.1 Å². The fraction of sp³-hybridized carbons (Fsp3) is 0.385. The summed E-state index contributed by atoms with van der Waals surface area (Å²) in [6.07, 6.45) is 2.54. The molecule has 2 N–H and O–H groups in total. The van der Waals surface area contributed by atoms with Crippen LogP contribution in [0.1, 0.15) is 12.0 Å². The lowest BCUT2D eigenvalue weighted by atomic mass is 10.2. The number of rotatable bonds is 9. The summed E-state index contributed by atoms with van der Waals surface area (Å²) >= 11 is 0. The first-order chi connectivity index (χ1) is 9.19. The van der Waals surface area contributed by atoms with Crippen LogP contribution in [0.4, 0.5) is 11.4 Å². The molecule has 0 saturated carbocycles. The van der Waals surface area contributed by atoms with Crippen LogP contribution in [-0.4, -0.2) is 29.8 Å². The molecular formula is C13H18N2O4. The van der Waals surface area contributed by atoms with Gasteiger partial charge in [0.1, 0.15) is 5.69 Å². The number of nitrogens with zero attached hydrogens (tertiary/aromatic N) is 1. The Morgan fingerprint density at radius 3 is 2.89 bits per heavy atom. The van der Waals surface area contributed by atoms with E-state index in [1.165, 1.54) is 12.1 Å². The lowest BCUT2D eigenvalue weighted by Gasteiger charge is -2.08. The highest BCUT2D eigenvalue weighted by atomic mass is 16.6. The predicted octanol–water partition coefficient (Wildman–Crippen LogP) is 2.09. The Labute approximate surface area is 111 Å². The van der Waals surface area contributed by atoms with Gasteiger partial charge in [0, 0.05) is 12.6 Å². The van der Waals surface area contributed by atoms with Crippen LogP contribution in [0.2, 0.25) is 0 Å². The third-order valence-electron chi connectivity index (χ3n) is 2.47. The van der Waals surface area contributed by atoms with Crippen molar-refractivity contribution in [1.82, 2.24) is 0 Å². The molecule has 0 fully saturated rings. The molecule has 6 heteroatoms. The summed E-state index contributed by atoms with van der Waals surface area (Å²) in [5.74, 6) is 0. The van der Waals surface area contributed by atoms with Crippen molar-refractivity contribution in [3.8, 4) is 0 Å². The van der Waals surface area contributed by atoms with E-state index in [0.29, 0.717) is 31.0 Å². The lowest BCUT2D eigenvalue weighted by Crippen LogP contribution is -2.11. The van der Waals surface area contributed by atoms with Gasteiger partial charge in [-0.1, -0.05) is 6.08 Å². The Balaban J connectivity index is 2.55. The Kier molecular flexibility index (Phi) is 6.56. The van der Waals surface area contributed by atoms with Gasteiger partial charge in [-0.3, -0.25) is 10.1 Å². The topological polar surface area (TPSA) is 84.6 Å². The van der Waals surface area contributed by atoms with Gasteiger partial charge < -0.3 is 15.2 Å². The number of benzene rings is 1. The summed E-state index contributed by atoms with van der Waals surface area (Å²) in [6.45, 7) is 4.94. The summed E-state index contributed by atoms with van der Waals surface area (Å²) < 4.78 is 5.30. The Hall–Kier alpha value is -1.92. The maximum absolute atomic E-state index is 10.9. The van der Waals surface area contributed by atoms with Gasteiger partial charge in [0.15, 0.2) is 0 Å². The van der Waals surface area contributed by atoms with Crippen LogP contribution in [0.3, 0.4) is 0 Å². The highest BCUT2D eigenvalue weighted by Gasteiger charge is 2.13. The highest BCUT2D eigenvalue weighted by Crippen LogP contribution is 2.25. The molecule has 1 aromatic carbocycles. The van der Waals surface area contributed by atoms with E-state index in [0.717, 1.165) is 6.42 Å². The first-order valence-corrected chi connectivity index (χ1v) is 5.99. The van der Waals surface area contributed by atoms with Gasteiger partial charge in [0.25, 0.3) is 5.69 Å². The number of nitrogens with one attached hydrogen (secondary N) is 1. The molecule has 0 heterocycles. The third kappa shape index (κ3) is 5.07. The van der Waals surface area contributed by atoms with E-state index < -0.39 is 4.92 Å². The number of aliphatic hydroxyl groups is 1. The molecule has 0 aromatic heterocycles. The molecule has 0 radical (unpaired) electrons. The fourth-order valence-corrected chi connectivity index (χ4v) is 1.51. The lowest BCUT2D eigenvalue weighted by molar-refractivity contribution is -0.384. The average Bonchev–Trinajstić information content (AvgIpc) is 2.42. The maximum Gasteiger partial charge on any atom is 0.292 e. The summed E-state index contributed by atoms with van der Waals surface area (Å²) in [5.41, 5.74) is 1.01. The monoisotopic (exact) mass is 266 g/mol. The van der Waals surface area contributed by atoms with E-state index >= 15 is 0 Å². The number of hydrogen-bond acceptors (Lipinski definition) is 5. The second-order valence-electron chi connectivity index (χ2n) is 3.88. The Morgan fingerprint density at radius 2 is 2.26 bits per heavy atom. The van der Waals surface area contributed by atoms with Crippen LogP contribution in [0.25, 0.3) is 0 Å². The van der Waals surface area contributed by atoms with Crippen molar-refractivity contribution in [2.75, 3.05) is 25.1 Å². The van der Waals surface area contributed by atoms with Gasteiger partial charge >= 0.3 is 0 Å². The van der Waals surface area contributed by atoms with Crippen LogP contribution >= 0.6 is 0 Å². The first kappa shape index (κ1) is 15.1. The zero-order valence-corrected chi connectivity index (χ0v) is 10.7. The zero-order valence-electron chi connectivity index (χ0n) is 10.7. The summed E-state index contributed by atoms with van der Waals surface area (Å²) in [5, 5.41) is 22.8. The van der Waals surface area contributed by atoms with Crippen LogP contribution < -0.4 is 5.32 Å². The molecule has 104 valence electrons. The molecule has 0 saturated heterocycles. The first-order valence-electron chi connectivity index (χ1n) is 5.99. The third-order valence-corrected chi connectivity index (χ3v) is 2.47. The van der Waals surface area contributed by atoms with Crippen LogP contribution in [0.15, 0.2) is 30.9 Å². The van der Waals surface area contributed by atoms with Crippen molar-refractivity contribution in [3.63, 3.8) is 0 Å². The van der Waals surface area contributed by atoms with Gasteiger partial charge in [-0.2, -0.15) is 0 Å². The van der Waals surface area contributed by atoms with E-state index in [4.69, 9.17) is 9.84 Å². The van der Waals surface area contributed by atoms with E-state index in [-0.39, 0.29) is 12.3 Å². The standard InChI is InChI=1S/C13H18N2O4/c1-2-3-7-19-8-6-14-12-9-11(10-16)4-5-13(12)15(17)18/h2,4-5,9,14,16H,1,3,6-8,10H2. The number of anilines is 1. The average molecular weight is 266 g/mol. The number of nitro benzene ring substituents is 1. The molecule has 19 heavy (non-hydrogen) atoms. The SMILES string of the molecule is C=CCCOCCNc1cc(CO)ccc1[N+](=O)[O-]. The largest absolute Gasteiger partial charge is 0.392 e.